The van der Waals surface area contributed by atoms with E-state index < -0.39 is 0 Å². The Morgan fingerprint density at radius 1 is 1.53 bits per heavy atom. The molecule has 1 heterocycles. The maximum Gasteiger partial charge on any atom is 0.0443 e. The zero-order chi connectivity index (χ0) is 12.3. The van der Waals surface area contributed by atoms with E-state index in [9.17, 15) is 0 Å². The van der Waals surface area contributed by atoms with Crippen molar-refractivity contribution in [2.75, 3.05) is 26.0 Å². The second-order valence-electron chi connectivity index (χ2n) is 4.39. The van der Waals surface area contributed by atoms with Crippen LogP contribution in [0, 0.1) is 0 Å². The molecule has 0 saturated heterocycles. The molecule has 1 aliphatic heterocycles. The minimum absolute atomic E-state index is 0.275. The molecular weight excluding hydrogens is 298 g/mol. The first-order chi connectivity index (χ1) is 8.22. The lowest BCUT2D eigenvalue weighted by atomic mass is 10.0. The fourth-order valence-corrected chi connectivity index (χ4v) is 3.75. The molecule has 1 N–H and O–H groups in total. The van der Waals surface area contributed by atoms with Crippen molar-refractivity contribution in [3.8, 4) is 0 Å². The van der Waals surface area contributed by atoms with Crippen LogP contribution in [-0.4, -0.2) is 36.0 Å². The van der Waals surface area contributed by atoms with Crippen molar-refractivity contribution in [2.24, 2.45) is 0 Å². The molecule has 0 aliphatic carbocycles. The van der Waals surface area contributed by atoms with Gasteiger partial charge in [0.15, 0.2) is 0 Å². The van der Waals surface area contributed by atoms with E-state index in [1.54, 1.807) is 0 Å². The van der Waals surface area contributed by atoms with Crippen LogP contribution >= 0.6 is 27.7 Å². The van der Waals surface area contributed by atoms with Crippen LogP contribution in [0.4, 0.5) is 0 Å². The SMILES string of the molecule is CN(CCCO)C1CCSc2ccc(Br)cc21. The molecule has 94 valence electrons. The summed E-state index contributed by atoms with van der Waals surface area (Å²) in [5.41, 5.74) is 1.43. The summed E-state index contributed by atoms with van der Waals surface area (Å²) in [6, 6.07) is 7.05. The highest BCUT2D eigenvalue weighted by molar-refractivity contribution is 9.10. The van der Waals surface area contributed by atoms with Gasteiger partial charge in [0.2, 0.25) is 0 Å². The van der Waals surface area contributed by atoms with Crippen molar-refractivity contribution in [2.45, 2.75) is 23.8 Å². The lowest BCUT2D eigenvalue weighted by Crippen LogP contribution is -2.28. The summed E-state index contributed by atoms with van der Waals surface area (Å²) in [7, 11) is 2.15. The molecule has 0 fully saturated rings. The standard InChI is InChI=1S/C13H18BrNOS/c1-15(6-2-7-16)12-5-8-17-13-4-3-10(14)9-11(12)13/h3-4,9,12,16H,2,5-8H2,1H3. The maximum absolute atomic E-state index is 8.91. The van der Waals surface area contributed by atoms with Crippen molar-refractivity contribution >= 4 is 27.7 Å². The third-order valence-corrected chi connectivity index (χ3v) is 4.80. The monoisotopic (exact) mass is 315 g/mol. The number of aliphatic hydroxyl groups excluding tert-OH is 1. The molecule has 0 bridgehead atoms. The maximum atomic E-state index is 8.91. The summed E-state index contributed by atoms with van der Waals surface area (Å²) >= 11 is 5.50. The van der Waals surface area contributed by atoms with Gasteiger partial charge in [-0.15, -0.1) is 11.8 Å². The predicted octanol–water partition coefficient (Wildman–Crippen LogP) is 3.30. The van der Waals surface area contributed by atoms with Crippen LogP contribution < -0.4 is 0 Å². The van der Waals surface area contributed by atoms with Crippen molar-refractivity contribution in [3.05, 3.63) is 28.2 Å². The molecule has 1 unspecified atom stereocenters. The number of halogens is 1. The lowest BCUT2D eigenvalue weighted by Gasteiger charge is -2.33. The Hall–Kier alpha value is -0.0300. The van der Waals surface area contributed by atoms with E-state index in [4.69, 9.17) is 5.11 Å². The summed E-state index contributed by atoms with van der Waals surface area (Å²) in [4.78, 5) is 3.77. The Kier molecular flexibility index (Phi) is 4.91. The summed E-state index contributed by atoms with van der Waals surface area (Å²) in [6.45, 7) is 1.23. The molecule has 0 saturated carbocycles. The number of aliphatic hydroxyl groups is 1. The second kappa shape index (κ2) is 6.23. The van der Waals surface area contributed by atoms with Gasteiger partial charge < -0.3 is 5.11 Å². The summed E-state index contributed by atoms with van der Waals surface area (Å²) < 4.78 is 1.15. The number of thioether (sulfide) groups is 1. The lowest BCUT2D eigenvalue weighted by molar-refractivity contribution is 0.202. The summed E-state index contributed by atoms with van der Waals surface area (Å²) in [5, 5.41) is 8.91. The van der Waals surface area contributed by atoms with Gasteiger partial charge in [0.1, 0.15) is 0 Å². The van der Waals surface area contributed by atoms with Gasteiger partial charge in [0.05, 0.1) is 0 Å². The van der Waals surface area contributed by atoms with Gasteiger partial charge in [0.25, 0.3) is 0 Å². The largest absolute Gasteiger partial charge is 0.396 e. The van der Waals surface area contributed by atoms with Gasteiger partial charge in [-0.3, -0.25) is 4.90 Å². The molecule has 1 aliphatic rings. The Labute approximate surface area is 116 Å². The molecular formula is C13H18BrNOS. The van der Waals surface area contributed by atoms with Gasteiger partial charge in [-0.05, 0) is 49.4 Å². The van der Waals surface area contributed by atoms with E-state index in [-0.39, 0.29) is 6.61 Å². The first-order valence-corrected chi connectivity index (χ1v) is 7.73. The first kappa shape index (κ1) is 13.4. The van der Waals surface area contributed by atoms with E-state index in [2.05, 4.69) is 46.1 Å². The van der Waals surface area contributed by atoms with Gasteiger partial charge in [-0.2, -0.15) is 0 Å². The molecule has 0 amide bonds. The summed E-state index contributed by atoms with van der Waals surface area (Å²) in [5.74, 6) is 1.18. The van der Waals surface area contributed by atoms with Gasteiger partial charge >= 0.3 is 0 Å². The van der Waals surface area contributed by atoms with Crippen molar-refractivity contribution < 1.29 is 5.11 Å². The number of benzene rings is 1. The van der Waals surface area contributed by atoms with Crippen LogP contribution in [0.1, 0.15) is 24.4 Å². The Balaban J connectivity index is 2.18. The topological polar surface area (TPSA) is 23.5 Å². The average molecular weight is 316 g/mol. The fraction of sp³-hybridized carbons (Fsp3) is 0.538. The molecule has 2 rings (SSSR count). The molecule has 0 spiro atoms. The highest BCUT2D eigenvalue weighted by Gasteiger charge is 2.23. The van der Waals surface area contributed by atoms with Crippen LogP contribution in [0.25, 0.3) is 0 Å². The normalized spacial score (nSPS) is 19.4. The van der Waals surface area contributed by atoms with E-state index in [0.717, 1.165) is 17.4 Å². The third-order valence-electron chi connectivity index (χ3n) is 3.18. The smallest absolute Gasteiger partial charge is 0.0443 e. The Bertz CT molecular complexity index is 386. The molecule has 1 atom stereocenters. The zero-order valence-corrected chi connectivity index (χ0v) is 12.4. The van der Waals surface area contributed by atoms with Crippen LogP contribution in [0.3, 0.4) is 0 Å². The molecule has 0 aromatic heterocycles. The predicted molar refractivity (Wildman–Crippen MR) is 76.6 cm³/mol. The number of hydrogen-bond donors (Lipinski definition) is 1. The first-order valence-electron chi connectivity index (χ1n) is 5.95. The molecule has 17 heavy (non-hydrogen) atoms. The van der Waals surface area contributed by atoms with Gasteiger partial charge in [0, 0.05) is 28.6 Å². The van der Waals surface area contributed by atoms with E-state index in [1.807, 2.05) is 11.8 Å². The molecule has 0 radical (unpaired) electrons. The van der Waals surface area contributed by atoms with Crippen LogP contribution in [0.15, 0.2) is 27.6 Å². The van der Waals surface area contributed by atoms with Crippen LogP contribution in [0.2, 0.25) is 0 Å². The summed E-state index contributed by atoms with van der Waals surface area (Å²) in [6.07, 6.45) is 2.04. The van der Waals surface area contributed by atoms with Gasteiger partial charge in [-0.1, -0.05) is 15.9 Å². The molecule has 2 nitrogen and oxygen atoms in total. The molecule has 4 heteroatoms. The average Bonchev–Trinajstić information content (AvgIpc) is 2.35. The van der Waals surface area contributed by atoms with Crippen molar-refractivity contribution in [1.82, 2.24) is 4.90 Å². The van der Waals surface area contributed by atoms with Crippen molar-refractivity contribution in [3.63, 3.8) is 0 Å². The molecule has 1 aromatic carbocycles. The Morgan fingerprint density at radius 3 is 3.12 bits per heavy atom. The van der Waals surface area contributed by atoms with Crippen molar-refractivity contribution in [1.29, 1.82) is 0 Å². The Morgan fingerprint density at radius 2 is 2.35 bits per heavy atom. The highest BCUT2D eigenvalue weighted by Crippen LogP contribution is 2.40. The second-order valence-corrected chi connectivity index (χ2v) is 6.45. The molecule has 1 aromatic rings. The number of fused-ring (bicyclic) bond motifs is 1. The van der Waals surface area contributed by atoms with Crippen LogP contribution in [0.5, 0.6) is 0 Å². The fourth-order valence-electron chi connectivity index (χ4n) is 2.28. The number of hydrogen-bond acceptors (Lipinski definition) is 3. The minimum atomic E-state index is 0.275. The number of rotatable bonds is 4. The minimum Gasteiger partial charge on any atom is -0.396 e. The number of nitrogens with zero attached hydrogens (tertiary/aromatic N) is 1. The van der Waals surface area contributed by atoms with E-state index >= 15 is 0 Å². The zero-order valence-electron chi connectivity index (χ0n) is 10.0. The highest BCUT2D eigenvalue weighted by atomic mass is 79.9. The van der Waals surface area contributed by atoms with E-state index in [1.165, 1.54) is 22.6 Å². The van der Waals surface area contributed by atoms with Crippen LogP contribution in [-0.2, 0) is 0 Å². The quantitative estimate of drug-likeness (QED) is 0.922. The third kappa shape index (κ3) is 3.25. The van der Waals surface area contributed by atoms with Gasteiger partial charge in [-0.25, -0.2) is 0 Å². The van der Waals surface area contributed by atoms with E-state index in [0.29, 0.717) is 6.04 Å².